The molecule has 0 aliphatic carbocycles. The molecule has 4 atom stereocenters. The largest absolute Gasteiger partial charge is 0.507 e. The molecule has 2 fully saturated rings. The maximum absolute atomic E-state index is 14.0. The highest BCUT2D eigenvalue weighted by Gasteiger charge is 2.39. The standard InChI is InChI=1S/C21H24ClFN4O2/c1-27-9-12(23)7-13(10-27)24-21-16-8-14-3-5-18(29-14)19(16)20(25-26-21)15-4-2-11(22)6-17(15)28/h2,4,6,12-14,18,28H,3,5,7-10H2,1H3,(H,24,26)/t12-,13-,14-,18+/m1/s1. The minimum absolute atomic E-state index is 0.0163. The van der Waals surface area contributed by atoms with Gasteiger partial charge in [0.25, 0.3) is 0 Å². The van der Waals surface area contributed by atoms with Crippen molar-refractivity contribution in [3.63, 3.8) is 0 Å². The number of aromatic nitrogens is 2. The van der Waals surface area contributed by atoms with Gasteiger partial charge in [0.15, 0.2) is 5.82 Å². The van der Waals surface area contributed by atoms with Crippen molar-refractivity contribution in [1.29, 1.82) is 0 Å². The fraction of sp³-hybridized carbons (Fsp3) is 0.524. The highest BCUT2D eigenvalue weighted by molar-refractivity contribution is 6.30. The van der Waals surface area contributed by atoms with E-state index in [0.29, 0.717) is 35.1 Å². The van der Waals surface area contributed by atoms with E-state index < -0.39 is 6.17 Å². The molecular weight excluding hydrogens is 395 g/mol. The predicted octanol–water partition coefficient (Wildman–Crippen LogP) is 3.73. The molecule has 2 saturated heterocycles. The number of hydrogen-bond donors (Lipinski definition) is 2. The average Bonchev–Trinajstić information content (AvgIpc) is 3.03. The molecule has 4 heterocycles. The summed E-state index contributed by atoms with van der Waals surface area (Å²) in [6.45, 7) is 1.23. The molecule has 154 valence electrons. The van der Waals surface area contributed by atoms with Gasteiger partial charge in [0.05, 0.1) is 12.2 Å². The topological polar surface area (TPSA) is 70.5 Å². The van der Waals surface area contributed by atoms with Crippen LogP contribution in [-0.2, 0) is 11.2 Å². The molecule has 0 saturated carbocycles. The quantitative estimate of drug-likeness (QED) is 0.791. The first-order chi connectivity index (χ1) is 14.0. The van der Waals surface area contributed by atoms with Crippen molar-refractivity contribution in [2.75, 3.05) is 25.5 Å². The van der Waals surface area contributed by atoms with Crippen LogP contribution in [0.1, 0.15) is 36.5 Å². The molecule has 0 radical (unpaired) electrons. The van der Waals surface area contributed by atoms with Crippen LogP contribution in [0.15, 0.2) is 18.2 Å². The Hall–Kier alpha value is -1.96. The van der Waals surface area contributed by atoms with Crippen molar-refractivity contribution in [3.05, 3.63) is 34.3 Å². The molecule has 1 aromatic heterocycles. The van der Waals surface area contributed by atoms with Gasteiger partial charge in [-0.1, -0.05) is 11.6 Å². The Labute approximate surface area is 174 Å². The molecule has 0 unspecified atom stereocenters. The van der Waals surface area contributed by atoms with Gasteiger partial charge in [-0.15, -0.1) is 10.2 Å². The van der Waals surface area contributed by atoms with Crippen LogP contribution >= 0.6 is 11.6 Å². The van der Waals surface area contributed by atoms with Gasteiger partial charge in [-0.05, 0) is 38.1 Å². The number of anilines is 1. The minimum Gasteiger partial charge on any atom is -0.507 e. The van der Waals surface area contributed by atoms with E-state index in [0.717, 1.165) is 36.9 Å². The van der Waals surface area contributed by atoms with Crippen LogP contribution in [0.4, 0.5) is 10.2 Å². The molecule has 2 aromatic rings. The van der Waals surface area contributed by atoms with Crippen molar-refractivity contribution in [2.45, 2.75) is 50.1 Å². The normalized spacial score (nSPS) is 28.9. The Morgan fingerprint density at radius 3 is 2.93 bits per heavy atom. The molecular formula is C21H24ClFN4O2. The Balaban J connectivity index is 1.56. The molecule has 3 aliphatic rings. The molecule has 8 heteroatoms. The maximum atomic E-state index is 14.0. The number of phenolic OH excluding ortho intramolecular Hbond substituents is 1. The van der Waals surface area contributed by atoms with Gasteiger partial charge in [-0.25, -0.2) is 4.39 Å². The Kier molecular flexibility index (Phi) is 4.84. The summed E-state index contributed by atoms with van der Waals surface area (Å²) in [7, 11) is 1.93. The number of benzene rings is 1. The lowest BCUT2D eigenvalue weighted by Crippen LogP contribution is -2.45. The van der Waals surface area contributed by atoms with E-state index in [1.165, 1.54) is 6.07 Å². The lowest BCUT2D eigenvalue weighted by atomic mass is 9.93. The summed E-state index contributed by atoms with van der Waals surface area (Å²) in [6.07, 6.45) is 2.38. The third-order valence-corrected chi connectivity index (χ3v) is 6.35. The van der Waals surface area contributed by atoms with Crippen LogP contribution in [0.2, 0.25) is 5.02 Å². The van der Waals surface area contributed by atoms with Crippen molar-refractivity contribution in [2.24, 2.45) is 0 Å². The molecule has 29 heavy (non-hydrogen) atoms. The van der Waals surface area contributed by atoms with Gasteiger partial charge in [0, 0.05) is 53.7 Å². The summed E-state index contributed by atoms with van der Waals surface area (Å²) in [5.74, 6) is 0.786. The molecule has 5 rings (SSSR count). The van der Waals surface area contributed by atoms with Crippen LogP contribution < -0.4 is 5.32 Å². The summed E-state index contributed by atoms with van der Waals surface area (Å²) in [4.78, 5) is 2.00. The first-order valence-corrected chi connectivity index (χ1v) is 10.5. The zero-order valence-electron chi connectivity index (χ0n) is 16.2. The van der Waals surface area contributed by atoms with Crippen LogP contribution in [0.5, 0.6) is 5.75 Å². The minimum atomic E-state index is -0.847. The lowest BCUT2D eigenvalue weighted by Gasteiger charge is -2.34. The SMILES string of the molecule is CN1C[C@H](F)C[C@@H](Nc2nnc(-c3ccc(Cl)cc3O)c3c2C[C@H]2CC[C@@H]3O2)C1. The van der Waals surface area contributed by atoms with Crippen molar-refractivity contribution >= 4 is 17.4 Å². The fourth-order valence-corrected chi connectivity index (χ4v) is 5.07. The van der Waals surface area contributed by atoms with Gasteiger partial charge < -0.3 is 20.1 Å². The first kappa shape index (κ1) is 19.0. The van der Waals surface area contributed by atoms with E-state index in [1.54, 1.807) is 12.1 Å². The molecule has 2 N–H and O–H groups in total. The number of hydrogen-bond acceptors (Lipinski definition) is 6. The van der Waals surface area contributed by atoms with E-state index in [1.807, 2.05) is 11.9 Å². The summed E-state index contributed by atoms with van der Waals surface area (Å²) in [5.41, 5.74) is 3.29. The number of alkyl halides is 1. The van der Waals surface area contributed by atoms with Crippen LogP contribution in [0.3, 0.4) is 0 Å². The highest BCUT2D eigenvalue weighted by atomic mass is 35.5. The van der Waals surface area contributed by atoms with E-state index in [4.69, 9.17) is 16.3 Å². The number of nitrogens with zero attached hydrogens (tertiary/aromatic N) is 3. The van der Waals surface area contributed by atoms with Gasteiger partial charge >= 0.3 is 0 Å². The second-order valence-electron chi connectivity index (χ2n) is 8.37. The number of likely N-dealkylation sites (N-methyl/N-ethyl adjacent to an activating group) is 1. The average molecular weight is 419 g/mol. The van der Waals surface area contributed by atoms with Crippen LogP contribution in [0.25, 0.3) is 11.3 Å². The Morgan fingerprint density at radius 1 is 1.28 bits per heavy atom. The van der Waals surface area contributed by atoms with E-state index in [2.05, 4.69) is 15.5 Å². The second kappa shape index (κ2) is 7.38. The van der Waals surface area contributed by atoms with Crippen molar-refractivity contribution in [1.82, 2.24) is 15.1 Å². The first-order valence-electron chi connectivity index (χ1n) is 10.1. The third-order valence-electron chi connectivity index (χ3n) is 6.12. The summed E-state index contributed by atoms with van der Waals surface area (Å²) in [6, 6.07) is 4.99. The Bertz CT molecular complexity index is 933. The monoisotopic (exact) mass is 418 g/mol. The van der Waals surface area contributed by atoms with Crippen molar-refractivity contribution < 1.29 is 14.2 Å². The molecule has 1 aromatic carbocycles. The predicted molar refractivity (Wildman–Crippen MR) is 109 cm³/mol. The number of aromatic hydroxyl groups is 1. The molecule has 0 amide bonds. The number of nitrogens with one attached hydrogen (secondary N) is 1. The number of fused-ring (bicyclic) bond motifs is 4. The summed E-state index contributed by atoms with van der Waals surface area (Å²) < 4.78 is 20.2. The number of piperidine rings is 1. The number of phenols is 1. The lowest BCUT2D eigenvalue weighted by molar-refractivity contribution is 0.0325. The van der Waals surface area contributed by atoms with Gasteiger partial charge in [-0.2, -0.15) is 0 Å². The third kappa shape index (κ3) is 3.56. The molecule has 2 bridgehead atoms. The van der Waals surface area contributed by atoms with E-state index >= 15 is 0 Å². The van der Waals surface area contributed by atoms with Gasteiger partial charge in [-0.3, -0.25) is 0 Å². The molecule has 0 spiro atoms. The van der Waals surface area contributed by atoms with Crippen LogP contribution in [0, 0.1) is 0 Å². The maximum Gasteiger partial charge on any atom is 0.152 e. The van der Waals surface area contributed by atoms with E-state index in [9.17, 15) is 9.50 Å². The number of rotatable bonds is 3. The molecule has 3 aliphatic heterocycles. The smallest absolute Gasteiger partial charge is 0.152 e. The fourth-order valence-electron chi connectivity index (χ4n) is 4.90. The van der Waals surface area contributed by atoms with Crippen LogP contribution in [-0.4, -0.2) is 58.7 Å². The number of ether oxygens (including phenoxy) is 1. The summed E-state index contributed by atoms with van der Waals surface area (Å²) in [5, 5.41) is 23.3. The number of likely N-dealkylation sites (tertiary alicyclic amines) is 1. The van der Waals surface area contributed by atoms with Crippen molar-refractivity contribution in [3.8, 4) is 17.0 Å². The summed E-state index contributed by atoms with van der Waals surface area (Å²) >= 11 is 6.00. The zero-order chi connectivity index (χ0) is 20.1. The van der Waals surface area contributed by atoms with Gasteiger partial charge in [0.1, 0.15) is 17.6 Å². The zero-order valence-corrected chi connectivity index (χ0v) is 17.0. The number of halogens is 2. The van der Waals surface area contributed by atoms with E-state index in [-0.39, 0.29) is 24.0 Å². The highest BCUT2D eigenvalue weighted by Crippen LogP contribution is 2.47. The molecule has 6 nitrogen and oxygen atoms in total. The second-order valence-corrected chi connectivity index (χ2v) is 8.81. The van der Waals surface area contributed by atoms with Gasteiger partial charge in [0.2, 0.25) is 0 Å². The Morgan fingerprint density at radius 2 is 2.14 bits per heavy atom.